The number of hydrogen-bond donors (Lipinski definition) is 4. The van der Waals surface area contributed by atoms with Crippen molar-refractivity contribution in [2.75, 3.05) is 17.7 Å². The molecular formula is C25H25FN6O2. The Morgan fingerprint density at radius 1 is 1.21 bits per heavy atom. The Hall–Kier alpha value is -4.40. The second-order valence-electron chi connectivity index (χ2n) is 7.99. The average molecular weight is 461 g/mol. The summed E-state index contributed by atoms with van der Waals surface area (Å²) in [5, 5.41) is 13.3. The van der Waals surface area contributed by atoms with Gasteiger partial charge in [0.15, 0.2) is 0 Å². The van der Waals surface area contributed by atoms with E-state index in [1.165, 1.54) is 18.5 Å². The molecule has 0 saturated heterocycles. The molecule has 8 nitrogen and oxygen atoms in total. The first-order valence-corrected chi connectivity index (χ1v) is 10.6. The Morgan fingerprint density at radius 3 is 2.74 bits per heavy atom. The van der Waals surface area contributed by atoms with Crippen LogP contribution in [0.4, 0.5) is 21.6 Å². The average Bonchev–Trinajstić information content (AvgIpc) is 3.31. The molecule has 0 spiro atoms. The maximum Gasteiger partial charge on any atom is 0.226 e. The van der Waals surface area contributed by atoms with Gasteiger partial charge < -0.3 is 26.0 Å². The largest absolute Gasteiger partial charge is 0.507 e. The Kier molecular flexibility index (Phi) is 6.44. The van der Waals surface area contributed by atoms with Gasteiger partial charge in [0.1, 0.15) is 17.4 Å². The van der Waals surface area contributed by atoms with Gasteiger partial charge in [-0.1, -0.05) is 12.1 Å². The molecule has 9 heteroatoms. The number of halogens is 1. The summed E-state index contributed by atoms with van der Waals surface area (Å²) in [6, 6.07) is 13.5. The van der Waals surface area contributed by atoms with Crippen LogP contribution in [0.3, 0.4) is 0 Å². The van der Waals surface area contributed by atoms with E-state index in [1.807, 2.05) is 13.0 Å². The van der Waals surface area contributed by atoms with Crippen molar-refractivity contribution in [2.45, 2.75) is 19.9 Å². The van der Waals surface area contributed by atoms with Crippen molar-refractivity contribution in [1.29, 1.82) is 0 Å². The zero-order chi connectivity index (χ0) is 24.2. The Bertz CT molecular complexity index is 1320. The lowest BCUT2D eigenvalue weighted by Crippen LogP contribution is -2.25. The number of aromatic amines is 1. The molecule has 5 N–H and O–H groups in total. The second-order valence-corrected chi connectivity index (χ2v) is 7.99. The van der Waals surface area contributed by atoms with E-state index in [4.69, 9.17) is 5.73 Å². The zero-order valence-electron chi connectivity index (χ0n) is 18.8. The minimum Gasteiger partial charge on any atom is -0.507 e. The standard InChI is InChI=1S/C25H25FN6O2/c1-15-3-7-22(20(26)9-15)32(2)18-5-8-23(33)19(11-18)21-6-4-16(25(27)31-21)12-29-24(34)10-17-13-28-14-30-17/h3-9,11,13-14,33H,10,12H2,1-2H3,(H2,27,31)(H,28,30)(H,29,34). The number of amides is 1. The van der Waals surface area contributed by atoms with Gasteiger partial charge in [0.25, 0.3) is 0 Å². The van der Waals surface area contributed by atoms with Crippen LogP contribution < -0.4 is 16.0 Å². The normalized spacial score (nSPS) is 10.8. The third kappa shape index (κ3) is 4.98. The van der Waals surface area contributed by atoms with Gasteiger partial charge in [0.2, 0.25) is 5.91 Å². The highest BCUT2D eigenvalue weighted by Crippen LogP contribution is 2.35. The number of nitrogens with one attached hydrogen (secondary N) is 2. The number of phenolic OH excluding ortho intramolecular Hbond substituents is 1. The van der Waals surface area contributed by atoms with Gasteiger partial charge in [-0.3, -0.25) is 4.79 Å². The van der Waals surface area contributed by atoms with E-state index >= 15 is 0 Å². The number of phenols is 1. The predicted octanol–water partition coefficient (Wildman–Crippen LogP) is 3.83. The van der Waals surface area contributed by atoms with Crippen LogP contribution in [0.15, 0.2) is 61.1 Å². The molecule has 0 aliphatic rings. The fourth-order valence-corrected chi connectivity index (χ4v) is 3.57. The molecule has 0 fully saturated rings. The summed E-state index contributed by atoms with van der Waals surface area (Å²) in [4.78, 5) is 25.0. The Balaban J connectivity index is 1.52. The van der Waals surface area contributed by atoms with Gasteiger partial charge in [-0.25, -0.2) is 14.4 Å². The van der Waals surface area contributed by atoms with E-state index in [-0.39, 0.29) is 36.3 Å². The maximum atomic E-state index is 14.5. The molecule has 34 heavy (non-hydrogen) atoms. The van der Waals surface area contributed by atoms with E-state index < -0.39 is 0 Å². The summed E-state index contributed by atoms with van der Waals surface area (Å²) in [6.07, 6.45) is 3.29. The second kappa shape index (κ2) is 9.62. The Labute approximate surface area is 196 Å². The summed E-state index contributed by atoms with van der Waals surface area (Å²) in [5.74, 6) is -0.251. The lowest BCUT2D eigenvalue weighted by molar-refractivity contribution is -0.120. The first-order valence-electron chi connectivity index (χ1n) is 10.6. The fourth-order valence-electron chi connectivity index (χ4n) is 3.57. The maximum absolute atomic E-state index is 14.5. The summed E-state index contributed by atoms with van der Waals surface area (Å²) in [7, 11) is 1.75. The first kappa shape index (κ1) is 22.8. The number of aromatic nitrogens is 3. The topological polar surface area (TPSA) is 120 Å². The van der Waals surface area contributed by atoms with Crippen molar-refractivity contribution < 1.29 is 14.3 Å². The summed E-state index contributed by atoms with van der Waals surface area (Å²) in [5.41, 5.74) is 10.3. The van der Waals surface area contributed by atoms with Crippen LogP contribution in [-0.4, -0.2) is 33.0 Å². The third-order valence-electron chi connectivity index (χ3n) is 5.50. The van der Waals surface area contributed by atoms with E-state index in [0.717, 1.165) is 5.56 Å². The molecule has 4 aromatic rings. The van der Waals surface area contributed by atoms with E-state index in [2.05, 4.69) is 20.3 Å². The number of benzene rings is 2. The van der Waals surface area contributed by atoms with Gasteiger partial charge in [-0.05, 0) is 48.9 Å². The minimum absolute atomic E-state index is 0.0223. The molecule has 4 rings (SSSR count). The number of carbonyl (C=O) groups is 1. The molecule has 0 atom stereocenters. The predicted molar refractivity (Wildman–Crippen MR) is 129 cm³/mol. The van der Waals surface area contributed by atoms with Crippen molar-refractivity contribution in [2.24, 2.45) is 0 Å². The Morgan fingerprint density at radius 2 is 2.03 bits per heavy atom. The van der Waals surface area contributed by atoms with Crippen molar-refractivity contribution in [3.8, 4) is 17.0 Å². The van der Waals surface area contributed by atoms with Crippen LogP contribution >= 0.6 is 0 Å². The summed E-state index contributed by atoms with van der Waals surface area (Å²) >= 11 is 0. The number of aromatic hydroxyl groups is 1. The van der Waals surface area contributed by atoms with E-state index in [1.54, 1.807) is 48.5 Å². The van der Waals surface area contributed by atoms with Crippen molar-refractivity contribution in [3.63, 3.8) is 0 Å². The van der Waals surface area contributed by atoms with Crippen LogP contribution in [-0.2, 0) is 17.8 Å². The van der Waals surface area contributed by atoms with Gasteiger partial charge >= 0.3 is 0 Å². The van der Waals surface area contributed by atoms with Crippen LogP contribution in [0.1, 0.15) is 16.8 Å². The number of H-pyrrole nitrogens is 1. The number of hydrogen-bond acceptors (Lipinski definition) is 6. The van der Waals surface area contributed by atoms with Gasteiger partial charge in [0, 0.05) is 42.3 Å². The minimum atomic E-state index is -0.335. The number of rotatable bonds is 7. The third-order valence-corrected chi connectivity index (χ3v) is 5.50. The van der Waals surface area contributed by atoms with Crippen LogP contribution in [0.5, 0.6) is 5.75 Å². The number of anilines is 3. The van der Waals surface area contributed by atoms with Crippen molar-refractivity contribution in [1.82, 2.24) is 20.3 Å². The van der Waals surface area contributed by atoms with Crippen molar-refractivity contribution >= 4 is 23.1 Å². The van der Waals surface area contributed by atoms with E-state index in [9.17, 15) is 14.3 Å². The summed E-state index contributed by atoms with van der Waals surface area (Å²) in [6.45, 7) is 2.05. The van der Waals surface area contributed by atoms with Gasteiger partial charge in [0.05, 0.1) is 24.1 Å². The highest BCUT2D eigenvalue weighted by Gasteiger charge is 2.15. The molecule has 1 amide bonds. The molecule has 2 aromatic heterocycles. The van der Waals surface area contributed by atoms with Crippen LogP contribution in [0.2, 0.25) is 0 Å². The van der Waals surface area contributed by atoms with Crippen LogP contribution in [0, 0.1) is 12.7 Å². The smallest absolute Gasteiger partial charge is 0.226 e. The number of nitrogen functional groups attached to an aromatic ring is 1. The number of nitrogens with two attached hydrogens (primary N) is 1. The molecular weight excluding hydrogens is 435 g/mol. The molecule has 0 unspecified atom stereocenters. The fraction of sp³-hybridized carbons (Fsp3) is 0.160. The highest BCUT2D eigenvalue weighted by atomic mass is 19.1. The number of carbonyl (C=O) groups excluding carboxylic acids is 1. The van der Waals surface area contributed by atoms with Crippen LogP contribution in [0.25, 0.3) is 11.3 Å². The van der Waals surface area contributed by atoms with Gasteiger partial charge in [-0.15, -0.1) is 0 Å². The first-order chi connectivity index (χ1) is 16.3. The number of nitrogens with zero attached hydrogens (tertiary/aromatic N) is 3. The van der Waals surface area contributed by atoms with E-state index in [0.29, 0.717) is 33.9 Å². The molecule has 174 valence electrons. The number of pyridine rings is 1. The molecule has 0 bridgehead atoms. The number of aryl methyl sites for hydroxylation is 1. The molecule has 2 aromatic carbocycles. The lowest BCUT2D eigenvalue weighted by atomic mass is 10.1. The molecule has 2 heterocycles. The van der Waals surface area contributed by atoms with Crippen molar-refractivity contribution in [3.05, 3.63) is 83.7 Å². The highest BCUT2D eigenvalue weighted by molar-refractivity contribution is 5.78. The number of imidazole rings is 1. The molecule has 0 aliphatic heterocycles. The quantitative estimate of drug-likeness (QED) is 0.333. The molecule has 0 aliphatic carbocycles. The lowest BCUT2D eigenvalue weighted by Gasteiger charge is -2.21. The van der Waals surface area contributed by atoms with Gasteiger partial charge in [-0.2, -0.15) is 0 Å². The zero-order valence-corrected chi connectivity index (χ0v) is 18.8. The summed E-state index contributed by atoms with van der Waals surface area (Å²) < 4.78 is 14.5. The monoisotopic (exact) mass is 460 g/mol. The SMILES string of the molecule is Cc1ccc(N(C)c2ccc(O)c(-c3ccc(CNC(=O)Cc4cnc[nH]4)c(N)n3)c2)c(F)c1. The molecule has 0 radical (unpaired) electrons. The molecule has 0 saturated carbocycles.